The molecule has 0 saturated heterocycles. The third-order valence-corrected chi connectivity index (χ3v) is 4.53. The van der Waals surface area contributed by atoms with Crippen LogP contribution in [0.1, 0.15) is 27.8 Å². The average Bonchev–Trinajstić information content (AvgIpc) is 2.69. The SMILES string of the molecule is CCn1nc(C(=O)NNC(=O)c2cc(F)c(Cl)cc2Cl)c2ccccc2c1=O. The van der Waals surface area contributed by atoms with Crippen molar-refractivity contribution in [2.75, 3.05) is 0 Å². The minimum Gasteiger partial charge on any atom is -0.267 e. The molecule has 7 nitrogen and oxygen atoms in total. The number of aromatic nitrogens is 2. The summed E-state index contributed by atoms with van der Waals surface area (Å²) in [6.07, 6.45) is 0. The number of hydrogen-bond donors (Lipinski definition) is 2. The van der Waals surface area contributed by atoms with Crippen molar-refractivity contribution in [3.05, 3.63) is 73.9 Å². The predicted octanol–water partition coefficient (Wildman–Crippen LogP) is 2.94. The van der Waals surface area contributed by atoms with E-state index in [4.69, 9.17) is 23.2 Å². The molecule has 0 aliphatic carbocycles. The van der Waals surface area contributed by atoms with Gasteiger partial charge >= 0.3 is 0 Å². The van der Waals surface area contributed by atoms with Gasteiger partial charge in [0.1, 0.15) is 5.82 Å². The van der Waals surface area contributed by atoms with Crippen LogP contribution in [-0.4, -0.2) is 21.6 Å². The van der Waals surface area contributed by atoms with Crippen LogP contribution in [0, 0.1) is 5.82 Å². The first-order chi connectivity index (χ1) is 13.3. The molecule has 3 aromatic rings. The summed E-state index contributed by atoms with van der Waals surface area (Å²) in [5.74, 6) is -2.43. The third kappa shape index (κ3) is 3.69. The van der Waals surface area contributed by atoms with E-state index in [2.05, 4.69) is 16.0 Å². The second-order valence-corrected chi connectivity index (χ2v) is 6.48. The summed E-state index contributed by atoms with van der Waals surface area (Å²) in [5.41, 5.74) is 3.74. The van der Waals surface area contributed by atoms with Gasteiger partial charge in [-0.25, -0.2) is 9.07 Å². The highest BCUT2D eigenvalue weighted by Crippen LogP contribution is 2.24. The Balaban J connectivity index is 1.88. The highest BCUT2D eigenvalue weighted by atomic mass is 35.5. The van der Waals surface area contributed by atoms with Crippen LogP contribution in [0.15, 0.2) is 41.2 Å². The molecule has 0 unspecified atom stereocenters. The molecule has 2 N–H and O–H groups in total. The molecule has 144 valence electrons. The van der Waals surface area contributed by atoms with Gasteiger partial charge in [0.15, 0.2) is 5.69 Å². The minimum atomic E-state index is -0.845. The summed E-state index contributed by atoms with van der Waals surface area (Å²) in [5, 5.41) is 4.39. The van der Waals surface area contributed by atoms with E-state index in [9.17, 15) is 18.8 Å². The molecule has 0 bridgehead atoms. The topological polar surface area (TPSA) is 93.1 Å². The van der Waals surface area contributed by atoms with Crippen molar-refractivity contribution in [1.82, 2.24) is 20.6 Å². The second kappa shape index (κ2) is 7.95. The lowest BCUT2D eigenvalue weighted by Crippen LogP contribution is -2.43. The van der Waals surface area contributed by atoms with E-state index in [1.165, 1.54) is 0 Å². The Hall–Kier alpha value is -2.97. The van der Waals surface area contributed by atoms with Crippen LogP contribution < -0.4 is 16.4 Å². The van der Waals surface area contributed by atoms with Crippen LogP contribution in [0.3, 0.4) is 0 Å². The number of nitrogens with zero attached hydrogens (tertiary/aromatic N) is 2. The third-order valence-electron chi connectivity index (χ3n) is 3.93. The van der Waals surface area contributed by atoms with Crippen LogP contribution in [0.2, 0.25) is 10.0 Å². The van der Waals surface area contributed by atoms with Gasteiger partial charge in [-0.05, 0) is 25.1 Å². The largest absolute Gasteiger partial charge is 0.290 e. The molecule has 1 aromatic heterocycles. The molecular formula is C18H13Cl2FN4O3. The van der Waals surface area contributed by atoms with Gasteiger partial charge in [0.25, 0.3) is 17.4 Å². The maximum Gasteiger partial charge on any atom is 0.290 e. The first-order valence-corrected chi connectivity index (χ1v) is 8.84. The Morgan fingerprint density at radius 3 is 2.39 bits per heavy atom. The summed E-state index contributed by atoms with van der Waals surface area (Å²) in [4.78, 5) is 37.1. The Labute approximate surface area is 168 Å². The molecule has 0 saturated carbocycles. The van der Waals surface area contributed by atoms with Gasteiger partial charge in [0, 0.05) is 11.9 Å². The molecule has 2 amide bonds. The van der Waals surface area contributed by atoms with Gasteiger partial charge in [-0.3, -0.25) is 25.2 Å². The molecule has 10 heteroatoms. The van der Waals surface area contributed by atoms with Crippen molar-refractivity contribution in [3.8, 4) is 0 Å². The molecule has 28 heavy (non-hydrogen) atoms. The lowest BCUT2D eigenvalue weighted by molar-refractivity contribution is 0.0843. The first kappa shape index (κ1) is 19.8. The lowest BCUT2D eigenvalue weighted by atomic mass is 10.1. The highest BCUT2D eigenvalue weighted by Gasteiger charge is 2.19. The zero-order valence-electron chi connectivity index (χ0n) is 14.4. The summed E-state index contributed by atoms with van der Waals surface area (Å²) in [6.45, 7) is 1.97. The van der Waals surface area contributed by atoms with Crippen molar-refractivity contribution in [3.63, 3.8) is 0 Å². The zero-order chi connectivity index (χ0) is 20.4. The fourth-order valence-electron chi connectivity index (χ4n) is 2.55. The summed E-state index contributed by atoms with van der Waals surface area (Å²) in [6, 6.07) is 8.43. The number of nitrogens with one attached hydrogen (secondary N) is 2. The van der Waals surface area contributed by atoms with Crippen molar-refractivity contribution < 1.29 is 14.0 Å². The molecule has 3 rings (SSSR count). The van der Waals surface area contributed by atoms with Gasteiger partial charge in [0.05, 0.1) is 21.0 Å². The first-order valence-electron chi connectivity index (χ1n) is 8.08. The summed E-state index contributed by atoms with van der Waals surface area (Å²) < 4.78 is 14.7. The Morgan fingerprint density at radius 1 is 1.07 bits per heavy atom. The smallest absolute Gasteiger partial charge is 0.267 e. The van der Waals surface area contributed by atoms with Crippen molar-refractivity contribution >= 4 is 45.8 Å². The quantitative estimate of drug-likeness (QED) is 0.501. The fraction of sp³-hybridized carbons (Fsp3) is 0.111. The van der Waals surface area contributed by atoms with E-state index in [0.717, 1.165) is 16.8 Å². The van der Waals surface area contributed by atoms with E-state index in [0.29, 0.717) is 10.8 Å². The Morgan fingerprint density at radius 2 is 1.71 bits per heavy atom. The molecule has 2 aromatic carbocycles. The maximum atomic E-state index is 13.6. The molecular weight excluding hydrogens is 410 g/mol. The number of aryl methyl sites for hydroxylation is 1. The fourth-order valence-corrected chi connectivity index (χ4v) is 3.02. The van der Waals surface area contributed by atoms with Crippen LogP contribution in [0.5, 0.6) is 0 Å². The number of carbonyl (C=O) groups is 2. The molecule has 0 aliphatic rings. The summed E-state index contributed by atoms with van der Waals surface area (Å²) >= 11 is 11.5. The van der Waals surface area contributed by atoms with Gasteiger partial charge in [-0.1, -0.05) is 41.4 Å². The standard InChI is InChI=1S/C18H13Cl2FN4O3/c1-2-25-18(28)10-6-4-3-5-9(10)15(24-25)17(27)23-22-16(26)11-7-14(21)13(20)8-12(11)19/h3-8H,2H2,1H3,(H,22,26)(H,23,27). The lowest BCUT2D eigenvalue weighted by Gasteiger charge is -2.11. The maximum absolute atomic E-state index is 13.6. The monoisotopic (exact) mass is 422 g/mol. The molecule has 0 spiro atoms. The van der Waals surface area contributed by atoms with E-state index < -0.39 is 17.6 Å². The van der Waals surface area contributed by atoms with Gasteiger partial charge in [-0.2, -0.15) is 5.10 Å². The number of halogens is 3. The van der Waals surface area contributed by atoms with E-state index in [-0.39, 0.29) is 33.4 Å². The van der Waals surface area contributed by atoms with Crippen LogP contribution in [0.4, 0.5) is 4.39 Å². The molecule has 0 radical (unpaired) electrons. The van der Waals surface area contributed by atoms with Gasteiger partial charge < -0.3 is 0 Å². The number of carbonyl (C=O) groups excluding carboxylic acids is 2. The van der Waals surface area contributed by atoms with E-state index in [1.807, 2.05) is 0 Å². The minimum absolute atomic E-state index is 0.0502. The zero-order valence-corrected chi connectivity index (χ0v) is 15.9. The van der Waals surface area contributed by atoms with Crippen molar-refractivity contribution in [2.45, 2.75) is 13.5 Å². The molecule has 0 fully saturated rings. The number of fused-ring (bicyclic) bond motifs is 1. The number of hydrazine groups is 1. The number of amides is 2. The average molecular weight is 423 g/mol. The van der Waals surface area contributed by atoms with Crippen LogP contribution in [-0.2, 0) is 6.54 Å². The van der Waals surface area contributed by atoms with Crippen LogP contribution >= 0.6 is 23.2 Å². The number of benzene rings is 2. The van der Waals surface area contributed by atoms with Gasteiger partial charge in [0.2, 0.25) is 0 Å². The Bertz CT molecular complexity index is 1160. The second-order valence-electron chi connectivity index (χ2n) is 5.67. The van der Waals surface area contributed by atoms with Crippen LogP contribution in [0.25, 0.3) is 10.8 Å². The Kier molecular flexibility index (Phi) is 5.62. The molecule has 1 heterocycles. The van der Waals surface area contributed by atoms with E-state index in [1.54, 1.807) is 31.2 Å². The molecule has 0 atom stereocenters. The van der Waals surface area contributed by atoms with E-state index >= 15 is 0 Å². The number of hydrogen-bond acceptors (Lipinski definition) is 4. The van der Waals surface area contributed by atoms with Crippen molar-refractivity contribution in [1.29, 1.82) is 0 Å². The van der Waals surface area contributed by atoms with Crippen molar-refractivity contribution in [2.24, 2.45) is 0 Å². The van der Waals surface area contributed by atoms with Gasteiger partial charge in [-0.15, -0.1) is 0 Å². The highest BCUT2D eigenvalue weighted by molar-refractivity contribution is 6.36. The predicted molar refractivity (Wildman–Crippen MR) is 103 cm³/mol. The number of rotatable bonds is 3. The normalized spacial score (nSPS) is 10.7. The summed E-state index contributed by atoms with van der Waals surface area (Å²) in [7, 11) is 0. The molecule has 0 aliphatic heterocycles.